The smallest absolute Gasteiger partial charge is 0.276 e. The lowest BCUT2D eigenvalue weighted by Crippen LogP contribution is -2.22. The number of hydroxylamine groups is 1. The molecule has 2 rings (SSSR count). The molecule has 0 fully saturated rings. The number of nitrogens with one attached hydrogen (secondary N) is 3. The van der Waals surface area contributed by atoms with Gasteiger partial charge in [0, 0.05) is 11.8 Å². The Hall–Kier alpha value is -2.87. The molecule has 0 unspecified atom stereocenters. The van der Waals surface area contributed by atoms with Crippen LogP contribution < -0.4 is 16.1 Å². The van der Waals surface area contributed by atoms with Gasteiger partial charge in [0.1, 0.15) is 5.82 Å². The highest BCUT2D eigenvalue weighted by Gasteiger charge is 2.12. The first-order chi connectivity index (χ1) is 12.9. The normalized spacial score (nSPS) is 11.0. The van der Waals surface area contributed by atoms with E-state index in [0.29, 0.717) is 33.4 Å². The lowest BCUT2D eigenvalue weighted by molar-refractivity contribution is 0.0538. The van der Waals surface area contributed by atoms with Crippen LogP contribution in [0, 0.1) is 0 Å². The molecule has 4 N–H and O–H groups in total. The Labute approximate surface area is 162 Å². The summed E-state index contributed by atoms with van der Waals surface area (Å²) in [4.78, 5) is 21.0. The maximum absolute atomic E-state index is 12.1. The van der Waals surface area contributed by atoms with Gasteiger partial charge in [0.05, 0.1) is 41.9 Å². The average Bonchev–Trinajstić information content (AvgIpc) is 2.65. The highest BCUT2D eigenvalue weighted by Crippen LogP contribution is 2.29. The van der Waals surface area contributed by atoms with Gasteiger partial charge in [0.25, 0.3) is 5.91 Å². The number of nitrogens with zero attached hydrogens (tertiary/aromatic N) is 1. The van der Waals surface area contributed by atoms with E-state index in [4.69, 9.17) is 16.7 Å². The Bertz CT molecular complexity index is 868. The van der Waals surface area contributed by atoms with E-state index in [1.165, 1.54) is 13.3 Å². The molecule has 142 valence electrons. The van der Waals surface area contributed by atoms with Gasteiger partial charge in [0.2, 0.25) is 0 Å². The van der Waals surface area contributed by atoms with Crippen molar-refractivity contribution in [2.45, 2.75) is 6.92 Å². The van der Waals surface area contributed by atoms with Crippen LogP contribution in [0.25, 0.3) is 0 Å². The van der Waals surface area contributed by atoms with Crippen molar-refractivity contribution in [2.24, 2.45) is 0 Å². The van der Waals surface area contributed by atoms with Gasteiger partial charge in [-0.05, 0) is 30.7 Å². The standard InChI is InChI=1S/C19H21ClN4O3/c1-12(11-25)8-13(2)22-18-9-17(15(20)10-21-18)23-16-7-5-4-6-14(16)19(26)24-27-3/h4-10,25H,1,11H2,2-3H3,(H,24,26)(H2,21,22,23)/b13-8+. The first-order valence-corrected chi connectivity index (χ1v) is 8.41. The number of allylic oxidation sites excluding steroid dienone is 1. The van der Waals surface area contributed by atoms with Crippen LogP contribution in [0.15, 0.2) is 60.5 Å². The van der Waals surface area contributed by atoms with Crippen molar-refractivity contribution >= 4 is 34.7 Å². The summed E-state index contributed by atoms with van der Waals surface area (Å²) in [5.74, 6) is 0.158. The third kappa shape index (κ3) is 5.82. The van der Waals surface area contributed by atoms with Gasteiger partial charge in [-0.3, -0.25) is 9.63 Å². The molecule has 0 aliphatic heterocycles. The van der Waals surface area contributed by atoms with Crippen LogP contribution in [0.4, 0.5) is 17.2 Å². The molecule has 1 amide bonds. The Balaban J connectivity index is 2.27. The van der Waals surface area contributed by atoms with Crippen LogP contribution in [-0.2, 0) is 4.84 Å². The van der Waals surface area contributed by atoms with Crippen molar-refractivity contribution in [3.63, 3.8) is 0 Å². The number of para-hydroxylation sites is 1. The number of aromatic nitrogens is 1. The van der Waals surface area contributed by atoms with E-state index in [-0.39, 0.29) is 12.5 Å². The van der Waals surface area contributed by atoms with E-state index < -0.39 is 0 Å². The van der Waals surface area contributed by atoms with Crippen LogP contribution >= 0.6 is 11.6 Å². The molecule has 1 aromatic carbocycles. The molecule has 27 heavy (non-hydrogen) atoms. The Kier molecular flexibility index (Phi) is 7.36. The number of halogens is 1. The molecule has 0 radical (unpaired) electrons. The van der Waals surface area contributed by atoms with Gasteiger partial charge < -0.3 is 15.7 Å². The number of aliphatic hydroxyl groups is 1. The van der Waals surface area contributed by atoms with Gasteiger partial charge in [-0.15, -0.1) is 0 Å². The molecule has 0 aliphatic rings. The Morgan fingerprint density at radius 3 is 2.81 bits per heavy atom. The largest absolute Gasteiger partial charge is 0.392 e. The van der Waals surface area contributed by atoms with Gasteiger partial charge in [-0.2, -0.15) is 0 Å². The minimum absolute atomic E-state index is 0.125. The predicted molar refractivity (Wildman–Crippen MR) is 107 cm³/mol. The molecule has 0 atom stereocenters. The quantitative estimate of drug-likeness (QED) is 0.407. The fraction of sp³-hybridized carbons (Fsp3) is 0.158. The van der Waals surface area contributed by atoms with E-state index in [0.717, 1.165) is 5.70 Å². The summed E-state index contributed by atoms with van der Waals surface area (Å²) >= 11 is 6.24. The maximum atomic E-state index is 12.1. The number of rotatable bonds is 8. The fourth-order valence-corrected chi connectivity index (χ4v) is 2.43. The summed E-state index contributed by atoms with van der Waals surface area (Å²) in [6.45, 7) is 5.42. The minimum atomic E-state index is -0.384. The molecule has 1 heterocycles. The molecule has 0 bridgehead atoms. The number of benzene rings is 1. The third-order valence-electron chi connectivity index (χ3n) is 3.44. The summed E-state index contributed by atoms with van der Waals surface area (Å²) in [7, 11) is 1.37. The zero-order chi connectivity index (χ0) is 19.8. The van der Waals surface area contributed by atoms with Gasteiger partial charge in [-0.1, -0.05) is 30.3 Å². The molecule has 7 nitrogen and oxygen atoms in total. The second kappa shape index (κ2) is 9.72. The summed E-state index contributed by atoms with van der Waals surface area (Å²) in [5, 5.41) is 15.7. The molecule has 0 saturated heterocycles. The van der Waals surface area contributed by atoms with Crippen molar-refractivity contribution < 1.29 is 14.7 Å². The molecule has 0 spiro atoms. The number of carbonyl (C=O) groups is 1. The Morgan fingerprint density at radius 1 is 1.37 bits per heavy atom. The van der Waals surface area contributed by atoms with Crippen molar-refractivity contribution in [3.8, 4) is 0 Å². The fourth-order valence-electron chi connectivity index (χ4n) is 2.28. The second-order valence-corrected chi connectivity index (χ2v) is 6.03. The number of aliphatic hydroxyl groups excluding tert-OH is 1. The van der Waals surface area contributed by atoms with E-state index in [1.54, 1.807) is 36.4 Å². The maximum Gasteiger partial charge on any atom is 0.276 e. The van der Waals surface area contributed by atoms with Gasteiger partial charge in [0.15, 0.2) is 0 Å². The van der Waals surface area contributed by atoms with Crippen molar-refractivity contribution in [3.05, 3.63) is 71.0 Å². The number of amides is 1. The Morgan fingerprint density at radius 2 is 2.11 bits per heavy atom. The summed E-state index contributed by atoms with van der Waals surface area (Å²) in [6, 6.07) is 8.68. The number of carbonyl (C=O) groups excluding carboxylic acids is 1. The molecule has 8 heteroatoms. The molecule has 0 saturated carbocycles. The van der Waals surface area contributed by atoms with Crippen LogP contribution in [0.1, 0.15) is 17.3 Å². The van der Waals surface area contributed by atoms with Crippen LogP contribution in [0.3, 0.4) is 0 Å². The lowest BCUT2D eigenvalue weighted by Gasteiger charge is -2.14. The van der Waals surface area contributed by atoms with E-state index >= 15 is 0 Å². The SMILES string of the molecule is C=C(/C=C(\C)Nc1cc(Nc2ccccc2C(=O)NOC)c(Cl)cn1)CO. The van der Waals surface area contributed by atoms with Gasteiger partial charge in [-0.25, -0.2) is 10.5 Å². The van der Waals surface area contributed by atoms with E-state index in [2.05, 4.69) is 32.5 Å². The topological polar surface area (TPSA) is 95.5 Å². The van der Waals surface area contributed by atoms with Crippen LogP contribution in [-0.4, -0.2) is 29.7 Å². The number of anilines is 3. The van der Waals surface area contributed by atoms with Crippen LogP contribution in [0.2, 0.25) is 5.02 Å². The highest BCUT2D eigenvalue weighted by atomic mass is 35.5. The van der Waals surface area contributed by atoms with Crippen molar-refractivity contribution in [1.82, 2.24) is 10.5 Å². The van der Waals surface area contributed by atoms with Gasteiger partial charge >= 0.3 is 0 Å². The first kappa shape index (κ1) is 20.4. The lowest BCUT2D eigenvalue weighted by atomic mass is 10.1. The second-order valence-electron chi connectivity index (χ2n) is 5.62. The molecule has 1 aromatic heterocycles. The molecular formula is C19H21ClN4O3. The first-order valence-electron chi connectivity index (χ1n) is 8.03. The van der Waals surface area contributed by atoms with Crippen molar-refractivity contribution in [1.29, 1.82) is 0 Å². The molecule has 2 aromatic rings. The number of hydrogen-bond donors (Lipinski definition) is 4. The van der Waals surface area contributed by atoms with Crippen molar-refractivity contribution in [2.75, 3.05) is 24.4 Å². The monoisotopic (exact) mass is 388 g/mol. The summed E-state index contributed by atoms with van der Waals surface area (Å²) < 4.78 is 0. The number of pyridine rings is 1. The molecule has 0 aliphatic carbocycles. The zero-order valence-corrected chi connectivity index (χ0v) is 15.8. The highest BCUT2D eigenvalue weighted by molar-refractivity contribution is 6.33. The minimum Gasteiger partial charge on any atom is -0.392 e. The summed E-state index contributed by atoms with van der Waals surface area (Å²) in [6.07, 6.45) is 3.21. The predicted octanol–water partition coefficient (Wildman–Crippen LogP) is 3.63. The summed E-state index contributed by atoms with van der Waals surface area (Å²) in [5.41, 5.74) is 5.16. The number of hydrogen-bond acceptors (Lipinski definition) is 6. The average molecular weight is 389 g/mol. The third-order valence-corrected chi connectivity index (χ3v) is 3.74. The van der Waals surface area contributed by atoms with E-state index in [1.807, 2.05) is 6.92 Å². The zero-order valence-electron chi connectivity index (χ0n) is 15.0. The van der Waals surface area contributed by atoms with E-state index in [9.17, 15) is 4.79 Å². The van der Waals surface area contributed by atoms with Crippen LogP contribution in [0.5, 0.6) is 0 Å². The molecular weight excluding hydrogens is 368 g/mol.